The molecule has 0 aliphatic heterocycles. The lowest BCUT2D eigenvalue weighted by Gasteiger charge is -2.37. The van der Waals surface area contributed by atoms with Crippen LogP contribution in [0, 0.1) is 0 Å². The quantitative estimate of drug-likeness (QED) is 0.139. The number of rotatable bonds is 8. The van der Waals surface area contributed by atoms with Gasteiger partial charge in [0.25, 0.3) is 0 Å². The molecule has 1 aliphatic carbocycles. The minimum absolute atomic E-state index is 0.0323. The number of hydrogen-bond acceptors (Lipinski definition) is 1. The second-order valence-electron chi connectivity index (χ2n) is 17.8. The van der Waals surface area contributed by atoms with Gasteiger partial charge in [0.2, 0.25) is 0 Å². The molecule has 67 heavy (non-hydrogen) atoms. The molecule has 0 fully saturated rings. The maximum absolute atomic E-state index is 5.52. The fraction of sp³-hybridized carbons (Fsp3) is 0.0308. The van der Waals surface area contributed by atoms with E-state index in [1.165, 1.54) is 88.7 Å². The summed E-state index contributed by atoms with van der Waals surface area (Å²) < 4.78 is 2.38. The molecule has 0 radical (unpaired) electrons. The minimum atomic E-state index is -0.560. The van der Waals surface area contributed by atoms with Crippen molar-refractivity contribution in [1.82, 2.24) is 9.55 Å². The maximum atomic E-state index is 5.52. The Morgan fingerprint density at radius 3 is 1.61 bits per heavy atom. The molecule has 0 N–H and O–H groups in total. The summed E-state index contributed by atoms with van der Waals surface area (Å²) in [6.45, 7) is 0. The van der Waals surface area contributed by atoms with Crippen LogP contribution in [0.3, 0.4) is 0 Å². The van der Waals surface area contributed by atoms with Crippen LogP contribution >= 0.6 is 0 Å². The number of benzene rings is 10. The molecule has 13 rings (SSSR count). The molecule has 1 atom stereocenters. The molecule has 1 unspecified atom stereocenters. The highest BCUT2D eigenvalue weighted by atomic mass is 15.0. The van der Waals surface area contributed by atoms with Gasteiger partial charge in [-0.3, -0.25) is 4.98 Å². The van der Waals surface area contributed by atoms with Crippen LogP contribution in [0.25, 0.3) is 71.8 Å². The Morgan fingerprint density at radius 1 is 0.328 bits per heavy atom. The van der Waals surface area contributed by atoms with Gasteiger partial charge in [-0.05, 0) is 121 Å². The van der Waals surface area contributed by atoms with Crippen LogP contribution in [-0.2, 0) is 5.41 Å². The van der Waals surface area contributed by atoms with Crippen molar-refractivity contribution in [3.63, 3.8) is 0 Å². The number of aromatic nitrogens is 2. The van der Waals surface area contributed by atoms with Crippen LogP contribution in [0.5, 0.6) is 0 Å². The highest BCUT2D eigenvalue weighted by molar-refractivity contribution is 6.10. The SMILES string of the molecule is c1ccc(-n2c3ccccc3c3cc(-c4ccc5c(c4)-c4ccccc4C5c4cc(-c5cccc(C(c6ccccc6)(c6ccccc6)c6ccccc6)c5)c5ccccc5n4)ccc32)cc1. The largest absolute Gasteiger partial charge is 0.309 e. The summed E-state index contributed by atoms with van der Waals surface area (Å²) in [6.07, 6.45) is 0. The Labute approximate surface area is 390 Å². The first-order chi connectivity index (χ1) is 33.2. The Morgan fingerprint density at radius 2 is 0.881 bits per heavy atom. The van der Waals surface area contributed by atoms with E-state index in [0.717, 1.165) is 22.2 Å². The average Bonchev–Trinajstić information content (AvgIpc) is 3.92. The zero-order valence-corrected chi connectivity index (χ0v) is 36.8. The molecular weight excluding hydrogens is 809 g/mol. The fourth-order valence-corrected chi connectivity index (χ4v) is 11.3. The van der Waals surface area contributed by atoms with Gasteiger partial charge in [-0.15, -0.1) is 0 Å². The number of nitrogens with zero attached hydrogens (tertiary/aromatic N) is 2. The van der Waals surface area contributed by atoms with Gasteiger partial charge in [0.1, 0.15) is 0 Å². The van der Waals surface area contributed by atoms with Crippen LogP contribution in [0.15, 0.2) is 261 Å². The van der Waals surface area contributed by atoms with E-state index in [4.69, 9.17) is 4.98 Å². The van der Waals surface area contributed by atoms with E-state index in [1.54, 1.807) is 0 Å². The summed E-state index contributed by atoms with van der Waals surface area (Å²) in [5.74, 6) is -0.0323. The van der Waals surface area contributed by atoms with E-state index in [0.29, 0.717) is 0 Å². The molecule has 0 saturated carbocycles. The number of hydrogen-bond donors (Lipinski definition) is 0. The van der Waals surface area contributed by atoms with Gasteiger partial charge in [-0.1, -0.05) is 206 Å². The van der Waals surface area contributed by atoms with Crippen molar-refractivity contribution in [2.75, 3.05) is 0 Å². The Bertz CT molecular complexity index is 3700. The first kappa shape index (κ1) is 38.8. The number of pyridine rings is 1. The van der Waals surface area contributed by atoms with Gasteiger partial charge in [0.15, 0.2) is 0 Å². The van der Waals surface area contributed by atoms with E-state index in [2.05, 4.69) is 265 Å². The van der Waals surface area contributed by atoms with Crippen LogP contribution in [0.4, 0.5) is 0 Å². The zero-order chi connectivity index (χ0) is 44.3. The Kier molecular flexibility index (Phi) is 9.18. The molecule has 314 valence electrons. The topological polar surface area (TPSA) is 17.8 Å². The van der Waals surface area contributed by atoms with Gasteiger partial charge < -0.3 is 4.57 Å². The molecule has 0 saturated heterocycles. The first-order valence-corrected chi connectivity index (χ1v) is 23.2. The molecule has 12 aromatic rings. The van der Waals surface area contributed by atoms with Crippen molar-refractivity contribution in [3.05, 3.63) is 300 Å². The summed E-state index contributed by atoms with van der Waals surface area (Å²) in [4.78, 5) is 5.52. The molecule has 1 aliphatic rings. The lowest BCUT2D eigenvalue weighted by molar-refractivity contribution is 0.745. The lowest BCUT2D eigenvalue weighted by Crippen LogP contribution is -2.31. The summed E-state index contributed by atoms with van der Waals surface area (Å²) in [7, 11) is 0. The second-order valence-corrected chi connectivity index (χ2v) is 17.8. The second kappa shape index (κ2) is 15.8. The van der Waals surface area contributed by atoms with Crippen molar-refractivity contribution in [3.8, 4) is 39.1 Å². The van der Waals surface area contributed by atoms with Crippen molar-refractivity contribution in [2.24, 2.45) is 0 Å². The summed E-state index contributed by atoms with van der Waals surface area (Å²) in [5.41, 5.74) is 19.8. The van der Waals surface area contributed by atoms with Crippen LogP contribution in [0.2, 0.25) is 0 Å². The van der Waals surface area contributed by atoms with E-state index < -0.39 is 5.41 Å². The van der Waals surface area contributed by atoms with Crippen LogP contribution < -0.4 is 0 Å². The summed E-state index contributed by atoms with van der Waals surface area (Å²) >= 11 is 0. The third-order valence-corrected chi connectivity index (χ3v) is 14.2. The van der Waals surface area contributed by atoms with Crippen molar-refractivity contribution in [1.29, 1.82) is 0 Å². The summed E-state index contributed by atoms with van der Waals surface area (Å²) in [6, 6.07) is 95.6. The van der Waals surface area contributed by atoms with E-state index in [1.807, 2.05) is 0 Å². The summed E-state index contributed by atoms with van der Waals surface area (Å²) in [5, 5.41) is 3.64. The van der Waals surface area contributed by atoms with Gasteiger partial charge in [-0.25, -0.2) is 0 Å². The molecule has 0 bridgehead atoms. The molecule has 10 aromatic carbocycles. The van der Waals surface area contributed by atoms with Crippen LogP contribution in [-0.4, -0.2) is 9.55 Å². The van der Waals surface area contributed by atoms with E-state index >= 15 is 0 Å². The zero-order valence-electron chi connectivity index (χ0n) is 36.8. The molecule has 0 spiro atoms. The molecular formula is C65H44N2. The Balaban J connectivity index is 0.962. The predicted octanol–water partition coefficient (Wildman–Crippen LogP) is 16.2. The highest BCUT2D eigenvalue weighted by Gasteiger charge is 2.39. The van der Waals surface area contributed by atoms with E-state index in [9.17, 15) is 0 Å². The third kappa shape index (κ3) is 6.21. The standard InChI is InChI=1S/C65H44N2/c1-5-21-47(22-6-1)65(48-23-7-2-8-24-48,49-25-9-3-10-26-49)50-27-19-20-46(40-50)57-43-61(66-60-34-17-15-31-53(57)60)64-55-33-14-13-30-52(55)58-41-44(36-38-56(58)64)45-37-39-63-59(42-45)54-32-16-18-35-62(54)67(63)51-28-11-4-12-29-51/h1-43,64H. The molecule has 2 aromatic heterocycles. The highest BCUT2D eigenvalue weighted by Crippen LogP contribution is 2.51. The molecule has 2 nitrogen and oxygen atoms in total. The fourth-order valence-electron chi connectivity index (χ4n) is 11.3. The third-order valence-electron chi connectivity index (χ3n) is 14.2. The number of fused-ring (bicyclic) bond motifs is 7. The Hall–Kier alpha value is -8.59. The predicted molar refractivity (Wildman–Crippen MR) is 278 cm³/mol. The number of para-hydroxylation sites is 3. The molecule has 2 heterocycles. The van der Waals surface area contributed by atoms with Gasteiger partial charge in [0, 0.05) is 21.8 Å². The normalized spacial score (nSPS) is 13.2. The van der Waals surface area contributed by atoms with Crippen molar-refractivity contribution in [2.45, 2.75) is 11.3 Å². The lowest BCUT2D eigenvalue weighted by atomic mass is 9.65. The van der Waals surface area contributed by atoms with Gasteiger partial charge in [0.05, 0.1) is 33.6 Å². The monoisotopic (exact) mass is 852 g/mol. The minimum Gasteiger partial charge on any atom is -0.309 e. The average molecular weight is 853 g/mol. The molecule has 0 amide bonds. The van der Waals surface area contributed by atoms with Crippen LogP contribution in [0.1, 0.15) is 45.0 Å². The first-order valence-electron chi connectivity index (χ1n) is 23.2. The maximum Gasteiger partial charge on any atom is 0.0711 e. The van der Waals surface area contributed by atoms with Gasteiger partial charge >= 0.3 is 0 Å². The van der Waals surface area contributed by atoms with Gasteiger partial charge in [-0.2, -0.15) is 0 Å². The molecule has 2 heteroatoms. The van der Waals surface area contributed by atoms with Crippen molar-refractivity contribution >= 4 is 32.7 Å². The van der Waals surface area contributed by atoms with E-state index in [-0.39, 0.29) is 5.92 Å². The van der Waals surface area contributed by atoms with Crippen molar-refractivity contribution < 1.29 is 0 Å². The smallest absolute Gasteiger partial charge is 0.0711 e.